The van der Waals surface area contributed by atoms with Crippen LogP contribution in [-0.2, 0) is 4.79 Å². The fourth-order valence-corrected chi connectivity index (χ4v) is 4.28. The summed E-state index contributed by atoms with van der Waals surface area (Å²) in [7, 11) is 0. The van der Waals surface area contributed by atoms with Crippen molar-refractivity contribution in [3.05, 3.63) is 71.3 Å². The topological polar surface area (TPSA) is 97.3 Å². The van der Waals surface area contributed by atoms with Gasteiger partial charge in [0.25, 0.3) is 0 Å². The number of aryl methyl sites for hydroxylation is 1. The monoisotopic (exact) mass is 473 g/mol. The predicted octanol–water partition coefficient (Wildman–Crippen LogP) is 4.75. The summed E-state index contributed by atoms with van der Waals surface area (Å²) < 4.78 is 0. The van der Waals surface area contributed by atoms with Gasteiger partial charge in [-0.1, -0.05) is 30.8 Å². The lowest BCUT2D eigenvalue weighted by atomic mass is 9.88. The maximum Gasteiger partial charge on any atom is 0.319 e. The molecule has 3 rings (SSSR count). The van der Waals surface area contributed by atoms with E-state index in [0.29, 0.717) is 11.5 Å². The molecule has 0 radical (unpaired) electrons. The van der Waals surface area contributed by atoms with Crippen molar-refractivity contribution < 1.29 is 9.59 Å². The van der Waals surface area contributed by atoms with Gasteiger partial charge in [-0.15, -0.1) is 0 Å². The van der Waals surface area contributed by atoms with Crippen LogP contribution in [0.5, 0.6) is 0 Å². The molecule has 1 heterocycles. The van der Waals surface area contributed by atoms with E-state index < -0.39 is 0 Å². The van der Waals surface area contributed by atoms with Crippen molar-refractivity contribution in [1.29, 1.82) is 5.26 Å². The SMILES string of the molecule is C=C(c1ccc(C)c(NC(=O)NCCC(=O)NC(C)C)c1)N1CCC(c2ccc(C#N)cc2)CC1. The molecule has 0 bridgehead atoms. The maximum atomic E-state index is 12.4. The Morgan fingerprint density at radius 1 is 1.14 bits per heavy atom. The van der Waals surface area contributed by atoms with Gasteiger partial charge in [-0.3, -0.25) is 4.79 Å². The molecule has 0 saturated carbocycles. The lowest BCUT2D eigenvalue weighted by Gasteiger charge is -2.35. The lowest BCUT2D eigenvalue weighted by Crippen LogP contribution is -2.35. The Labute approximate surface area is 208 Å². The summed E-state index contributed by atoms with van der Waals surface area (Å²) in [5, 5.41) is 17.4. The van der Waals surface area contributed by atoms with Gasteiger partial charge in [0.2, 0.25) is 5.91 Å². The third-order valence-electron chi connectivity index (χ3n) is 6.29. The van der Waals surface area contributed by atoms with Gasteiger partial charge in [-0.25, -0.2) is 4.79 Å². The van der Waals surface area contributed by atoms with E-state index in [9.17, 15) is 9.59 Å². The maximum absolute atomic E-state index is 12.4. The number of carbonyl (C=O) groups excluding carboxylic acids is 2. The van der Waals surface area contributed by atoms with Crippen molar-refractivity contribution in [2.24, 2.45) is 0 Å². The van der Waals surface area contributed by atoms with Gasteiger partial charge in [0, 0.05) is 43.5 Å². The Balaban J connectivity index is 1.54. The third kappa shape index (κ3) is 7.35. The first-order valence-corrected chi connectivity index (χ1v) is 12.2. The summed E-state index contributed by atoms with van der Waals surface area (Å²) in [6.45, 7) is 12.2. The fraction of sp³-hybridized carbons (Fsp3) is 0.393. The number of rotatable bonds is 8. The van der Waals surface area contributed by atoms with E-state index in [0.717, 1.165) is 48.4 Å². The number of hydrogen-bond donors (Lipinski definition) is 3. The number of likely N-dealkylation sites (tertiary alicyclic amines) is 1. The van der Waals surface area contributed by atoms with Gasteiger partial charge in [0.15, 0.2) is 0 Å². The number of benzene rings is 2. The molecule has 0 spiro atoms. The smallest absolute Gasteiger partial charge is 0.319 e. The normalized spacial score (nSPS) is 13.7. The third-order valence-corrected chi connectivity index (χ3v) is 6.29. The van der Waals surface area contributed by atoms with E-state index in [-0.39, 0.29) is 30.9 Å². The average molecular weight is 474 g/mol. The van der Waals surface area contributed by atoms with Gasteiger partial charge in [-0.05, 0) is 74.4 Å². The molecule has 184 valence electrons. The second kappa shape index (κ2) is 12.1. The number of nitrogens with one attached hydrogen (secondary N) is 3. The zero-order valence-corrected chi connectivity index (χ0v) is 20.9. The number of anilines is 1. The summed E-state index contributed by atoms with van der Waals surface area (Å²) >= 11 is 0. The lowest BCUT2D eigenvalue weighted by molar-refractivity contribution is -0.121. The highest BCUT2D eigenvalue weighted by molar-refractivity contribution is 5.91. The van der Waals surface area contributed by atoms with Crippen LogP contribution in [0.15, 0.2) is 49.0 Å². The van der Waals surface area contributed by atoms with Crippen LogP contribution in [0.25, 0.3) is 5.70 Å². The highest BCUT2D eigenvalue weighted by Gasteiger charge is 2.22. The van der Waals surface area contributed by atoms with Crippen LogP contribution in [0.1, 0.15) is 61.3 Å². The van der Waals surface area contributed by atoms with Gasteiger partial charge in [0.1, 0.15) is 0 Å². The number of hydrogen-bond acceptors (Lipinski definition) is 4. The molecule has 1 aliphatic rings. The van der Waals surface area contributed by atoms with Crippen LogP contribution >= 0.6 is 0 Å². The molecule has 3 amide bonds. The molecule has 0 atom stereocenters. The molecular formula is C28H35N5O2. The fourth-order valence-electron chi connectivity index (χ4n) is 4.28. The van der Waals surface area contributed by atoms with E-state index in [1.54, 1.807) is 0 Å². The number of piperidine rings is 1. The van der Waals surface area contributed by atoms with Crippen LogP contribution in [0.3, 0.4) is 0 Å². The van der Waals surface area contributed by atoms with E-state index in [1.165, 1.54) is 5.56 Å². The Bertz CT molecular complexity index is 1090. The Hall–Kier alpha value is -3.79. The zero-order chi connectivity index (χ0) is 25.4. The molecule has 1 fully saturated rings. The molecule has 35 heavy (non-hydrogen) atoms. The van der Waals surface area contributed by atoms with Crippen molar-refractivity contribution in [3.8, 4) is 6.07 Å². The molecule has 3 N–H and O–H groups in total. The molecule has 0 unspecified atom stereocenters. The molecule has 1 saturated heterocycles. The van der Waals surface area contributed by atoms with Crippen LogP contribution in [0, 0.1) is 18.3 Å². The van der Waals surface area contributed by atoms with Crippen molar-refractivity contribution in [3.63, 3.8) is 0 Å². The van der Waals surface area contributed by atoms with Crippen LogP contribution < -0.4 is 16.0 Å². The van der Waals surface area contributed by atoms with E-state index in [1.807, 2.05) is 51.1 Å². The molecule has 2 aromatic rings. The van der Waals surface area contributed by atoms with Crippen molar-refractivity contribution in [1.82, 2.24) is 15.5 Å². The first kappa shape index (κ1) is 25.8. The van der Waals surface area contributed by atoms with E-state index >= 15 is 0 Å². The number of urea groups is 1. The summed E-state index contributed by atoms with van der Waals surface area (Å²) in [6, 6.07) is 15.8. The summed E-state index contributed by atoms with van der Waals surface area (Å²) in [4.78, 5) is 26.4. The van der Waals surface area contributed by atoms with Gasteiger partial charge < -0.3 is 20.9 Å². The summed E-state index contributed by atoms with van der Waals surface area (Å²) in [5.74, 6) is 0.395. The van der Waals surface area contributed by atoms with E-state index in [4.69, 9.17) is 5.26 Å². The second-order valence-electron chi connectivity index (χ2n) is 9.32. The van der Waals surface area contributed by atoms with Crippen LogP contribution in [0.2, 0.25) is 0 Å². The molecular weight excluding hydrogens is 438 g/mol. The first-order valence-electron chi connectivity index (χ1n) is 12.2. The predicted molar refractivity (Wildman–Crippen MR) is 140 cm³/mol. The van der Waals surface area contributed by atoms with Crippen molar-refractivity contribution in [2.75, 3.05) is 25.0 Å². The van der Waals surface area contributed by atoms with E-state index in [2.05, 4.69) is 45.6 Å². The minimum atomic E-state index is -0.337. The number of nitrogens with zero attached hydrogens (tertiary/aromatic N) is 2. The standard InChI is InChI=1S/C28H35N5O2/c1-19(2)31-27(34)11-14-30-28(35)32-26-17-25(8-5-20(26)3)21(4)33-15-12-24(13-16-33)23-9-6-22(18-29)7-10-23/h5-10,17,19,24H,4,11-16H2,1-3H3,(H,31,34)(H2,30,32,35). The number of carbonyl (C=O) groups is 2. The first-order chi connectivity index (χ1) is 16.8. The molecule has 7 heteroatoms. The van der Waals surface area contributed by atoms with Crippen molar-refractivity contribution in [2.45, 2.75) is 52.0 Å². The number of amides is 3. The Morgan fingerprint density at radius 2 is 1.83 bits per heavy atom. The molecule has 7 nitrogen and oxygen atoms in total. The highest BCUT2D eigenvalue weighted by Crippen LogP contribution is 2.32. The Kier molecular flexibility index (Phi) is 8.91. The Morgan fingerprint density at radius 3 is 2.46 bits per heavy atom. The average Bonchev–Trinajstić information content (AvgIpc) is 2.84. The van der Waals surface area contributed by atoms with Crippen molar-refractivity contribution >= 4 is 23.3 Å². The molecule has 1 aliphatic heterocycles. The largest absolute Gasteiger partial charge is 0.371 e. The minimum Gasteiger partial charge on any atom is -0.371 e. The minimum absolute atomic E-state index is 0.0802. The van der Waals surface area contributed by atoms with Gasteiger partial charge in [-0.2, -0.15) is 5.26 Å². The van der Waals surface area contributed by atoms with Crippen LogP contribution in [0.4, 0.5) is 10.5 Å². The molecule has 2 aromatic carbocycles. The summed E-state index contributed by atoms with van der Waals surface area (Å²) in [5.41, 5.74) is 5.56. The summed E-state index contributed by atoms with van der Waals surface area (Å²) in [6.07, 6.45) is 2.28. The highest BCUT2D eigenvalue weighted by atomic mass is 16.2. The molecule has 0 aromatic heterocycles. The second-order valence-corrected chi connectivity index (χ2v) is 9.32. The molecule has 0 aliphatic carbocycles. The zero-order valence-electron chi connectivity index (χ0n) is 20.9. The van der Waals surface area contributed by atoms with Gasteiger partial charge >= 0.3 is 6.03 Å². The quantitative estimate of drug-likeness (QED) is 0.515. The van der Waals surface area contributed by atoms with Gasteiger partial charge in [0.05, 0.1) is 11.6 Å². The number of nitriles is 1. The van der Waals surface area contributed by atoms with Crippen LogP contribution in [-0.4, -0.2) is 42.5 Å².